The first-order valence-corrected chi connectivity index (χ1v) is 8.93. The lowest BCUT2D eigenvalue weighted by molar-refractivity contribution is 0.550. The quantitative estimate of drug-likeness (QED) is 0.628. The van der Waals surface area contributed by atoms with Crippen LogP contribution in [0.4, 0.5) is 0 Å². The van der Waals surface area contributed by atoms with Gasteiger partial charge >= 0.3 is 0 Å². The monoisotopic (exact) mass is 189 g/mol. The van der Waals surface area contributed by atoms with Gasteiger partial charge in [0.2, 0.25) is 0 Å². The van der Waals surface area contributed by atoms with Gasteiger partial charge in [0, 0.05) is 14.1 Å². The molecule has 0 rings (SSSR count). The Hall–Kier alpha value is 0.107. The molecule has 0 spiro atoms. The van der Waals surface area contributed by atoms with Crippen LogP contribution < -0.4 is 0 Å². The molecule has 0 N–H and O–H groups in total. The average Bonchev–Trinajstić information content (AvgIpc) is 1.80. The Balaban J connectivity index is 4.12. The summed E-state index contributed by atoms with van der Waals surface area (Å²) in [5, 5.41) is 1.39. The predicted molar refractivity (Wildman–Crippen MR) is 58.4 cm³/mol. The molecule has 0 heterocycles. The Bertz CT molecular complexity index is 147. The molecule has 0 unspecified atom stereocenters. The molecular weight excluding hydrogens is 170 g/mol. The van der Waals surface area contributed by atoms with Crippen molar-refractivity contribution < 1.29 is 0 Å². The van der Waals surface area contributed by atoms with Crippen molar-refractivity contribution in [2.45, 2.75) is 26.6 Å². The highest BCUT2D eigenvalue weighted by Gasteiger charge is 2.16. The highest BCUT2D eigenvalue weighted by atomic mass is 32.4. The van der Waals surface area contributed by atoms with E-state index >= 15 is 0 Å². The Morgan fingerprint density at radius 3 is 1.82 bits per heavy atom. The highest BCUT2D eigenvalue weighted by molar-refractivity contribution is 8.31. The molecule has 1 nitrogen and oxygen atoms in total. The van der Waals surface area contributed by atoms with E-state index in [2.05, 4.69) is 51.6 Å². The fourth-order valence-electron chi connectivity index (χ4n) is 0.722. The van der Waals surface area contributed by atoms with Crippen LogP contribution in [-0.4, -0.2) is 26.2 Å². The molecule has 0 aromatic rings. The van der Waals surface area contributed by atoms with Gasteiger partial charge in [0.1, 0.15) is 7.22 Å². The summed E-state index contributed by atoms with van der Waals surface area (Å²) >= 11 is 2.04. The van der Waals surface area contributed by atoms with Crippen molar-refractivity contribution in [1.82, 2.24) is 4.90 Å². The van der Waals surface area contributed by atoms with Crippen LogP contribution in [0.3, 0.4) is 0 Å². The molecule has 0 radical (unpaired) electrons. The van der Waals surface area contributed by atoms with Crippen molar-refractivity contribution >= 4 is 18.4 Å². The Morgan fingerprint density at radius 2 is 1.73 bits per heavy atom. The summed E-state index contributed by atoms with van der Waals surface area (Å²) in [6, 6.07) is 0. The van der Waals surface area contributed by atoms with E-state index < -0.39 is 7.22 Å². The Kier molecular flexibility index (Phi) is 4.25. The van der Waals surface area contributed by atoms with E-state index in [1.54, 1.807) is 0 Å². The molecule has 0 saturated heterocycles. The molecule has 0 amide bonds. The van der Waals surface area contributed by atoms with Crippen molar-refractivity contribution in [2.24, 2.45) is 0 Å². The second-order valence-electron chi connectivity index (χ2n) is 3.74. The molecule has 3 heteroatoms. The van der Waals surface area contributed by atoms with Gasteiger partial charge < -0.3 is 4.90 Å². The standard InChI is InChI=1S/C8H19NSSi/c1-7-8(9(2)3)10-11(4,5)6/h7H,1-6H3/b8-7-. The van der Waals surface area contributed by atoms with Crippen LogP contribution in [0.25, 0.3) is 0 Å². The van der Waals surface area contributed by atoms with Gasteiger partial charge in [-0.3, -0.25) is 0 Å². The zero-order valence-corrected chi connectivity index (χ0v) is 10.2. The van der Waals surface area contributed by atoms with E-state index in [4.69, 9.17) is 0 Å². The maximum atomic E-state index is 2.37. The molecule has 11 heavy (non-hydrogen) atoms. The van der Waals surface area contributed by atoms with Crippen LogP contribution in [0, 0.1) is 0 Å². The van der Waals surface area contributed by atoms with Crippen molar-refractivity contribution in [2.75, 3.05) is 14.1 Å². The first-order chi connectivity index (χ1) is 4.87. The first-order valence-electron chi connectivity index (χ1n) is 3.89. The zero-order chi connectivity index (χ0) is 9.07. The topological polar surface area (TPSA) is 3.24 Å². The fourth-order valence-corrected chi connectivity index (χ4v) is 4.43. The minimum absolute atomic E-state index is 0.997. The zero-order valence-electron chi connectivity index (χ0n) is 8.43. The molecule has 0 atom stereocenters. The third-order valence-corrected chi connectivity index (χ3v) is 4.99. The van der Waals surface area contributed by atoms with Crippen molar-refractivity contribution in [1.29, 1.82) is 0 Å². The summed E-state index contributed by atoms with van der Waals surface area (Å²) in [7, 11) is 3.20. The number of hydrogen-bond donors (Lipinski definition) is 0. The molecule has 0 aliphatic heterocycles. The molecule has 0 aliphatic rings. The second-order valence-corrected chi connectivity index (χ2v) is 12.9. The minimum atomic E-state index is -0.997. The molecule has 0 aromatic heterocycles. The van der Waals surface area contributed by atoms with Gasteiger partial charge in [-0.05, 0) is 6.92 Å². The first kappa shape index (κ1) is 11.1. The van der Waals surface area contributed by atoms with E-state index in [0.29, 0.717) is 0 Å². The van der Waals surface area contributed by atoms with E-state index in [-0.39, 0.29) is 0 Å². The lowest BCUT2D eigenvalue weighted by Gasteiger charge is -2.23. The summed E-state index contributed by atoms with van der Waals surface area (Å²) in [5.41, 5.74) is 0. The third kappa shape index (κ3) is 5.38. The number of rotatable bonds is 3. The molecule has 0 aromatic carbocycles. The van der Waals surface area contributed by atoms with E-state index in [1.165, 1.54) is 5.03 Å². The van der Waals surface area contributed by atoms with E-state index in [9.17, 15) is 0 Å². The summed E-state index contributed by atoms with van der Waals surface area (Å²) in [6.07, 6.45) is 2.18. The summed E-state index contributed by atoms with van der Waals surface area (Å²) in [5.74, 6) is 0. The van der Waals surface area contributed by atoms with Crippen LogP contribution in [0.5, 0.6) is 0 Å². The summed E-state index contributed by atoms with van der Waals surface area (Å²) in [4.78, 5) is 2.18. The molecule has 66 valence electrons. The van der Waals surface area contributed by atoms with Crippen LogP contribution >= 0.6 is 11.2 Å². The van der Waals surface area contributed by atoms with E-state index in [1.807, 2.05) is 11.2 Å². The fraction of sp³-hybridized carbons (Fsp3) is 0.750. The van der Waals surface area contributed by atoms with Crippen molar-refractivity contribution in [3.8, 4) is 0 Å². The van der Waals surface area contributed by atoms with Gasteiger partial charge in [0.25, 0.3) is 0 Å². The van der Waals surface area contributed by atoms with Gasteiger partial charge in [-0.15, -0.1) is 11.2 Å². The van der Waals surface area contributed by atoms with Crippen LogP contribution in [0.15, 0.2) is 11.1 Å². The lowest BCUT2D eigenvalue weighted by Crippen LogP contribution is -2.19. The second kappa shape index (κ2) is 4.21. The summed E-state index contributed by atoms with van der Waals surface area (Å²) < 4.78 is 0. The van der Waals surface area contributed by atoms with Gasteiger partial charge in [0.05, 0.1) is 5.03 Å². The third-order valence-electron chi connectivity index (χ3n) is 1.10. The molecule has 0 saturated carbocycles. The van der Waals surface area contributed by atoms with E-state index in [0.717, 1.165) is 0 Å². The Morgan fingerprint density at radius 1 is 1.27 bits per heavy atom. The number of allylic oxidation sites excluding steroid dienone is 1. The maximum Gasteiger partial charge on any atom is 0.116 e. The van der Waals surface area contributed by atoms with Crippen LogP contribution in [0.1, 0.15) is 6.92 Å². The smallest absolute Gasteiger partial charge is 0.116 e. The normalized spacial score (nSPS) is 13.5. The van der Waals surface area contributed by atoms with Gasteiger partial charge in [0.15, 0.2) is 0 Å². The maximum absolute atomic E-state index is 2.37. The van der Waals surface area contributed by atoms with Gasteiger partial charge in [-0.25, -0.2) is 0 Å². The minimum Gasteiger partial charge on any atom is -0.373 e. The molecule has 0 aliphatic carbocycles. The SMILES string of the molecule is C/C=C(\S[Si](C)(C)C)N(C)C. The Labute approximate surface area is 75.5 Å². The van der Waals surface area contributed by atoms with Crippen LogP contribution in [-0.2, 0) is 0 Å². The van der Waals surface area contributed by atoms with Crippen molar-refractivity contribution in [3.05, 3.63) is 11.1 Å². The van der Waals surface area contributed by atoms with Gasteiger partial charge in [-0.1, -0.05) is 25.7 Å². The highest BCUT2D eigenvalue weighted by Crippen LogP contribution is 2.28. The lowest BCUT2D eigenvalue weighted by atomic mass is 10.6. The van der Waals surface area contributed by atoms with Crippen molar-refractivity contribution in [3.63, 3.8) is 0 Å². The molecular formula is C8H19NSSi. The number of hydrogen-bond acceptors (Lipinski definition) is 2. The molecule has 0 bridgehead atoms. The molecule has 0 fully saturated rings. The average molecular weight is 189 g/mol. The predicted octanol–water partition coefficient (Wildman–Crippen LogP) is 2.98. The summed E-state index contributed by atoms with van der Waals surface area (Å²) in [6.45, 7) is 9.20. The van der Waals surface area contributed by atoms with Crippen LogP contribution in [0.2, 0.25) is 19.6 Å². The number of nitrogens with zero attached hydrogens (tertiary/aromatic N) is 1. The van der Waals surface area contributed by atoms with Gasteiger partial charge in [-0.2, -0.15) is 0 Å². The largest absolute Gasteiger partial charge is 0.373 e.